The Morgan fingerprint density at radius 2 is 1.86 bits per heavy atom. The van der Waals surface area contributed by atoms with Crippen LogP contribution in [0.4, 0.5) is 5.69 Å². The van der Waals surface area contributed by atoms with Crippen LogP contribution in [-0.4, -0.2) is 26.8 Å². The van der Waals surface area contributed by atoms with E-state index in [0.29, 0.717) is 10.6 Å². The van der Waals surface area contributed by atoms with Gasteiger partial charge in [0.05, 0.1) is 5.69 Å². The summed E-state index contributed by atoms with van der Waals surface area (Å²) in [4.78, 5) is 0.595. The molecule has 0 atom stereocenters. The summed E-state index contributed by atoms with van der Waals surface area (Å²) in [6.45, 7) is 0. The molecule has 0 radical (unpaired) electrons. The van der Waals surface area contributed by atoms with E-state index in [1.165, 1.54) is 14.1 Å². The fourth-order valence-electron chi connectivity index (χ4n) is 0.790. The highest BCUT2D eigenvalue weighted by molar-refractivity contribution is 7.90. The first-order chi connectivity index (χ1) is 6.43. The lowest BCUT2D eigenvalue weighted by Crippen LogP contribution is -2.29. The third-order valence-corrected chi connectivity index (χ3v) is 3.45. The average Bonchev–Trinajstić information content (AvgIpc) is 2.08. The van der Waals surface area contributed by atoms with Gasteiger partial charge in [-0.25, -0.2) is 0 Å². The molecule has 0 bridgehead atoms. The Balaban J connectivity index is 2.96. The topological polar surface area (TPSA) is 49.4 Å². The van der Waals surface area contributed by atoms with Crippen molar-refractivity contribution >= 4 is 28.5 Å². The molecule has 0 heterocycles. The first kappa shape index (κ1) is 11.4. The third-order valence-electron chi connectivity index (χ3n) is 1.62. The van der Waals surface area contributed by atoms with E-state index in [2.05, 4.69) is 17.4 Å². The maximum atomic E-state index is 11.4. The summed E-state index contributed by atoms with van der Waals surface area (Å²) in [5, 5.41) is 0. The van der Waals surface area contributed by atoms with Crippen molar-refractivity contribution < 1.29 is 8.42 Å². The van der Waals surface area contributed by atoms with Gasteiger partial charge in [0.2, 0.25) is 0 Å². The predicted molar refractivity (Wildman–Crippen MR) is 59.9 cm³/mol. The van der Waals surface area contributed by atoms with Crippen molar-refractivity contribution in [1.82, 2.24) is 4.31 Å². The van der Waals surface area contributed by atoms with Crippen molar-refractivity contribution in [3.63, 3.8) is 0 Å². The molecule has 1 aromatic carbocycles. The quantitative estimate of drug-likeness (QED) is 0.769. The van der Waals surface area contributed by atoms with Gasteiger partial charge in [0, 0.05) is 19.0 Å². The van der Waals surface area contributed by atoms with Crippen LogP contribution in [0.2, 0.25) is 0 Å². The number of nitrogens with zero attached hydrogens (tertiary/aromatic N) is 1. The number of rotatable bonds is 3. The molecule has 0 aliphatic carbocycles. The number of hydrogen-bond donors (Lipinski definition) is 2. The standard InChI is InChI=1S/C8H12N2O2S2/c1-10(2)14(11,12)9-7-5-3-4-6-8(7)13/h3-6,9,13H,1-2H3. The first-order valence-electron chi connectivity index (χ1n) is 3.92. The fraction of sp³-hybridized carbons (Fsp3) is 0.250. The SMILES string of the molecule is CN(C)S(=O)(=O)Nc1ccccc1S. The number of para-hydroxylation sites is 1. The van der Waals surface area contributed by atoms with E-state index >= 15 is 0 Å². The molecule has 0 saturated carbocycles. The molecule has 1 N–H and O–H groups in total. The smallest absolute Gasteiger partial charge is 0.270 e. The van der Waals surface area contributed by atoms with Crippen molar-refractivity contribution in [1.29, 1.82) is 0 Å². The zero-order chi connectivity index (χ0) is 10.8. The second-order valence-corrected chi connectivity index (χ2v) is 5.27. The van der Waals surface area contributed by atoms with Crippen molar-refractivity contribution in [3.8, 4) is 0 Å². The van der Waals surface area contributed by atoms with Gasteiger partial charge in [0.15, 0.2) is 0 Å². The third kappa shape index (κ3) is 2.63. The van der Waals surface area contributed by atoms with Gasteiger partial charge in [-0.1, -0.05) is 12.1 Å². The molecule has 0 aliphatic rings. The first-order valence-corrected chi connectivity index (χ1v) is 5.80. The lowest BCUT2D eigenvalue weighted by molar-refractivity contribution is 0.526. The van der Waals surface area contributed by atoms with Gasteiger partial charge in [0.25, 0.3) is 0 Å². The van der Waals surface area contributed by atoms with Gasteiger partial charge in [0.1, 0.15) is 0 Å². The summed E-state index contributed by atoms with van der Waals surface area (Å²) < 4.78 is 26.4. The Labute approximate surface area is 89.5 Å². The molecule has 0 aliphatic heterocycles. The van der Waals surface area contributed by atoms with Gasteiger partial charge in [-0.15, -0.1) is 12.6 Å². The zero-order valence-electron chi connectivity index (χ0n) is 7.93. The summed E-state index contributed by atoms with van der Waals surface area (Å²) in [6.07, 6.45) is 0. The lowest BCUT2D eigenvalue weighted by Gasteiger charge is -2.14. The highest BCUT2D eigenvalue weighted by Crippen LogP contribution is 2.19. The Bertz CT molecular complexity index is 415. The molecule has 6 heteroatoms. The Hall–Kier alpha value is -0.720. The minimum Gasteiger partial charge on any atom is -0.270 e. The number of thiol groups is 1. The highest BCUT2D eigenvalue weighted by Gasteiger charge is 2.13. The van der Waals surface area contributed by atoms with Gasteiger partial charge in [-0.2, -0.15) is 12.7 Å². The molecule has 0 fully saturated rings. The molecule has 0 aromatic heterocycles. The predicted octanol–water partition coefficient (Wildman–Crippen LogP) is 1.19. The van der Waals surface area contributed by atoms with Crippen LogP contribution in [0.15, 0.2) is 29.2 Å². The van der Waals surface area contributed by atoms with Crippen LogP contribution in [0.1, 0.15) is 0 Å². The van der Waals surface area contributed by atoms with Crippen LogP contribution < -0.4 is 4.72 Å². The van der Waals surface area contributed by atoms with E-state index in [-0.39, 0.29) is 0 Å². The van der Waals surface area contributed by atoms with Crippen LogP contribution in [0.5, 0.6) is 0 Å². The van der Waals surface area contributed by atoms with E-state index in [0.717, 1.165) is 4.31 Å². The Morgan fingerprint density at radius 1 is 1.29 bits per heavy atom. The maximum absolute atomic E-state index is 11.4. The number of nitrogens with one attached hydrogen (secondary N) is 1. The van der Waals surface area contributed by atoms with Crippen LogP contribution in [0.25, 0.3) is 0 Å². The molecule has 4 nitrogen and oxygen atoms in total. The van der Waals surface area contributed by atoms with Crippen molar-refractivity contribution in [2.45, 2.75) is 4.90 Å². The monoisotopic (exact) mass is 232 g/mol. The minimum absolute atomic E-state index is 0.476. The number of hydrogen-bond acceptors (Lipinski definition) is 3. The van der Waals surface area contributed by atoms with E-state index in [9.17, 15) is 8.42 Å². The second-order valence-electron chi connectivity index (χ2n) is 2.91. The Morgan fingerprint density at radius 3 is 2.36 bits per heavy atom. The molecule has 1 aromatic rings. The highest BCUT2D eigenvalue weighted by atomic mass is 32.2. The normalized spacial score (nSPS) is 11.7. The molecule has 0 unspecified atom stereocenters. The summed E-state index contributed by atoms with van der Waals surface area (Å²) in [5.41, 5.74) is 0.476. The summed E-state index contributed by atoms with van der Waals surface area (Å²) >= 11 is 4.13. The molecule has 0 saturated heterocycles. The van der Waals surface area contributed by atoms with Gasteiger partial charge >= 0.3 is 10.2 Å². The minimum atomic E-state index is -3.44. The molecular formula is C8H12N2O2S2. The van der Waals surface area contributed by atoms with Gasteiger partial charge in [-0.05, 0) is 12.1 Å². The van der Waals surface area contributed by atoms with E-state index < -0.39 is 10.2 Å². The van der Waals surface area contributed by atoms with Crippen molar-refractivity contribution in [2.75, 3.05) is 18.8 Å². The van der Waals surface area contributed by atoms with Crippen molar-refractivity contribution in [3.05, 3.63) is 24.3 Å². The lowest BCUT2D eigenvalue weighted by atomic mass is 10.3. The number of benzene rings is 1. The zero-order valence-corrected chi connectivity index (χ0v) is 9.64. The molecule has 14 heavy (non-hydrogen) atoms. The van der Waals surface area contributed by atoms with E-state index in [1.54, 1.807) is 24.3 Å². The molecule has 0 amide bonds. The van der Waals surface area contributed by atoms with Crippen LogP contribution >= 0.6 is 12.6 Å². The average molecular weight is 232 g/mol. The van der Waals surface area contributed by atoms with Crippen LogP contribution in [0, 0.1) is 0 Å². The fourth-order valence-corrected chi connectivity index (χ4v) is 1.72. The summed E-state index contributed by atoms with van der Waals surface area (Å²) in [6, 6.07) is 6.91. The van der Waals surface area contributed by atoms with Gasteiger partial charge < -0.3 is 0 Å². The maximum Gasteiger partial charge on any atom is 0.301 e. The molecular weight excluding hydrogens is 220 g/mol. The van der Waals surface area contributed by atoms with E-state index in [4.69, 9.17) is 0 Å². The summed E-state index contributed by atoms with van der Waals surface area (Å²) in [5.74, 6) is 0. The molecule has 78 valence electrons. The van der Waals surface area contributed by atoms with Gasteiger partial charge in [-0.3, -0.25) is 4.72 Å². The van der Waals surface area contributed by atoms with Crippen LogP contribution in [-0.2, 0) is 10.2 Å². The van der Waals surface area contributed by atoms with Crippen LogP contribution in [0.3, 0.4) is 0 Å². The van der Waals surface area contributed by atoms with E-state index in [1.807, 2.05) is 0 Å². The largest absolute Gasteiger partial charge is 0.301 e. The summed E-state index contributed by atoms with van der Waals surface area (Å²) in [7, 11) is -0.516. The molecule has 0 spiro atoms. The number of anilines is 1. The second kappa shape index (κ2) is 4.20. The Kier molecular flexibility index (Phi) is 3.41. The molecule has 1 rings (SSSR count). The van der Waals surface area contributed by atoms with Crippen molar-refractivity contribution in [2.24, 2.45) is 0 Å².